The summed E-state index contributed by atoms with van der Waals surface area (Å²) in [6.07, 6.45) is 0. The van der Waals surface area contributed by atoms with Gasteiger partial charge in [0.1, 0.15) is 5.75 Å². The number of hydrogen-bond donors (Lipinski definition) is 1. The first-order chi connectivity index (χ1) is 8.61. The molecule has 0 aliphatic carbocycles. The second-order valence-corrected chi connectivity index (χ2v) is 4.40. The van der Waals surface area contributed by atoms with Crippen LogP contribution in [-0.4, -0.2) is 26.2 Å². The molecule has 0 unspecified atom stereocenters. The van der Waals surface area contributed by atoms with E-state index in [0.29, 0.717) is 16.5 Å². The minimum absolute atomic E-state index is 0.124. The van der Waals surface area contributed by atoms with E-state index in [9.17, 15) is 4.79 Å². The molecule has 18 heavy (non-hydrogen) atoms. The van der Waals surface area contributed by atoms with Gasteiger partial charge in [-0.2, -0.15) is 5.26 Å². The smallest absolute Gasteiger partial charge is 0.249 e. The number of nitrogens with zero attached hydrogens (tertiary/aromatic N) is 1. The van der Waals surface area contributed by atoms with Gasteiger partial charge in [0.25, 0.3) is 0 Å². The van der Waals surface area contributed by atoms with Crippen LogP contribution in [0.4, 0.5) is 5.69 Å². The van der Waals surface area contributed by atoms with E-state index in [1.165, 1.54) is 7.11 Å². The Hall–Kier alpha value is -1.77. The second-order valence-electron chi connectivity index (χ2n) is 3.99. The van der Waals surface area contributed by atoms with Gasteiger partial charge < -0.3 is 14.8 Å². The Morgan fingerprint density at radius 1 is 1.61 bits per heavy atom. The quantitative estimate of drug-likeness (QED) is 0.906. The maximum absolute atomic E-state index is 11.9. The summed E-state index contributed by atoms with van der Waals surface area (Å²) in [7, 11) is 1.51. The van der Waals surface area contributed by atoms with E-state index in [2.05, 4.69) is 5.32 Å². The van der Waals surface area contributed by atoms with E-state index >= 15 is 0 Å². The third-order valence-corrected chi connectivity index (χ3v) is 3.05. The van der Waals surface area contributed by atoms with Crippen molar-refractivity contribution < 1.29 is 14.3 Å². The van der Waals surface area contributed by atoms with Gasteiger partial charge in [0.15, 0.2) is 5.41 Å². The molecule has 1 aromatic rings. The highest BCUT2D eigenvalue weighted by molar-refractivity contribution is 6.32. The average molecular weight is 267 g/mol. The summed E-state index contributed by atoms with van der Waals surface area (Å²) in [5.74, 6) is 0.147. The van der Waals surface area contributed by atoms with Crippen LogP contribution >= 0.6 is 11.6 Å². The molecule has 6 heteroatoms. The number of anilines is 1. The molecule has 5 nitrogen and oxygen atoms in total. The van der Waals surface area contributed by atoms with Crippen molar-refractivity contribution in [2.45, 2.75) is 0 Å². The Kier molecular flexibility index (Phi) is 3.41. The Labute approximate surface area is 109 Å². The second kappa shape index (κ2) is 4.84. The van der Waals surface area contributed by atoms with E-state index in [1.807, 2.05) is 6.07 Å². The van der Waals surface area contributed by atoms with Crippen molar-refractivity contribution in [2.75, 3.05) is 25.6 Å². The first-order valence-corrected chi connectivity index (χ1v) is 5.63. The van der Waals surface area contributed by atoms with Crippen LogP contribution in [0, 0.1) is 16.7 Å². The summed E-state index contributed by atoms with van der Waals surface area (Å²) in [6, 6.07) is 6.86. The fourth-order valence-corrected chi connectivity index (χ4v) is 1.81. The Morgan fingerprint density at radius 3 is 2.78 bits per heavy atom. The molecule has 1 amide bonds. The third-order valence-electron chi connectivity index (χ3n) is 2.76. The highest BCUT2D eigenvalue weighted by Gasteiger charge is 2.46. The summed E-state index contributed by atoms with van der Waals surface area (Å²) < 4.78 is 9.93. The molecule has 1 saturated heterocycles. The summed E-state index contributed by atoms with van der Waals surface area (Å²) in [6.45, 7) is 0.248. The van der Waals surface area contributed by atoms with Crippen LogP contribution < -0.4 is 10.1 Å². The molecule has 1 aromatic carbocycles. The number of rotatable bonds is 3. The molecule has 0 radical (unpaired) electrons. The van der Waals surface area contributed by atoms with Gasteiger partial charge in [0, 0.05) is 5.69 Å². The maximum Gasteiger partial charge on any atom is 0.249 e. The van der Waals surface area contributed by atoms with Gasteiger partial charge in [-0.05, 0) is 18.2 Å². The van der Waals surface area contributed by atoms with Crippen molar-refractivity contribution in [1.29, 1.82) is 5.26 Å². The molecule has 1 fully saturated rings. The van der Waals surface area contributed by atoms with Crippen molar-refractivity contribution in [3.8, 4) is 11.8 Å². The minimum atomic E-state index is -1.08. The molecule has 0 spiro atoms. The highest BCUT2D eigenvalue weighted by atomic mass is 35.5. The SMILES string of the molecule is COc1ccc(NC(=O)C2(C#N)COC2)cc1Cl. The summed E-state index contributed by atoms with van der Waals surface area (Å²) in [5, 5.41) is 12.0. The number of amides is 1. The largest absolute Gasteiger partial charge is 0.495 e. The Bertz CT molecular complexity index is 521. The van der Waals surface area contributed by atoms with Crippen LogP contribution in [0.3, 0.4) is 0 Å². The van der Waals surface area contributed by atoms with Crippen LogP contribution in [0.15, 0.2) is 18.2 Å². The first-order valence-electron chi connectivity index (χ1n) is 5.25. The number of hydrogen-bond acceptors (Lipinski definition) is 4. The molecule has 1 N–H and O–H groups in total. The topological polar surface area (TPSA) is 71.3 Å². The number of benzene rings is 1. The minimum Gasteiger partial charge on any atom is -0.495 e. The molecule has 0 saturated carbocycles. The van der Waals surface area contributed by atoms with Gasteiger partial charge in [-0.3, -0.25) is 4.79 Å². The molecule has 0 aromatic heterocycles. The zero-order valence-corrected chi connectivity index (χ0v) is 10.5. The van der Waals surface area contributed by atoms with Crippen molar-refractivity contribution >= 4 is 23.2 Å². The lowest BCUT2D eigenvalue weighted by Gasteiger charge is -2.33. The summed E-state index contributed by atoms with van der Waals surface area (Å²) >= 11 is 5.94. The standard InChI is InChI=1S/C12H11ClN2O3/c1-17-10-3-2-8(4-9(10)13)15-11(16)12(5-14)6-18-7-12/h2-4H,6-7H2,1H3,(H,15,16). The van der Waals surface area contributed by atoms with Gasteiger partial charge >= 0.3 is 0 Å². The lowest BCUT2D eigenvalue weighted by Crippen LogP contribution is -2.50. The number of carbonyl (C=O) groups excluding carboxylic acids is 1. The molecule has 1 aliphatic heterocycles. The van der Waals surface area contributed by atoms with Crippen LogP contribution in [0.25, 0.3) is 0 Å². The summed E-state index contributed by atoms with van der Waals surface area (Å²) in [4.78, 5) is 11.9. The van der Waals surface area contributed by atoms with Crippen molar-refractivity contribution in [3.05, 3.63) is 23.2 Å². The Morgan fingerprint density at radius 2 is 2.33 bits per heavy atom. The van der Waals surface area contributed by atoms with Gasteiger partial charge in [-0.25, -0.2) is 0 Å². The maximum atomic E-state index is 11.9. The Balaban J connectivity index is 2.13. The van der Waals surface area contributed by atoms with Crippen LogP contribution in [0.1, 0.15) is 0 Å². The molecular weight excluding hydrogens is 256 g/mol. The molecule has 0 atom stereocenters. The first kappa shape index (κ1) is 12.7. The van der Waals surface area contributed by atoms with Gasteiger partial charge in [0.05, 0.1) is 31.4 Å². The number of ether oxygens (including phenoxy) is 2. The van der Waals surface area contributed by atoms with E-state index in [-0.39, 0.29) is 19.1 Å². The number of nitriles is 1. The van der Waals surface area contributed by atoms with E-state index in [0.717, 1.165) is 0 Å². The van der Waals surface area contributed by atoms with Crippen molar-refractivity contribution in [1.82, 2.24) is 0 Å². The molecule has 1 heterocycles. The zero-order valence-electron chi connectivity index (χ0n) is 9.70. The van der Waals surface area contributed by atoms with Crippen molar-refractivity contribution in [2.24, 2.45) is 5.41 Å². The lowest BCUT2D eigenvalue weighted by atomic mass is 9.87. The normalized spacial score (nSPS) is 16.3. The van der Waals surface area contributed by atoms with E-state index < -0.39 is 5.41 Å². The molecule has 1 aliphatic rings. The van der Waals surface area contributed by atoms with E-state index in [4.69, 9.17) is 26.3 Å². The monoisotopic (exact) mass is 266 g/mol. The predicted molar refractivity (Wildman–Crippen MR) is 65.5 cm³/mol. The van der Waals surface area contributed by atoms with Crippen molar-refractivity contribution in [3.63, 3.8) is 0 Å². The van der Waals surface area contributed by atoms with Gasteiger partial charge in [0.2, 0.25) is 5.91 Å². The average Bonchev–Trinajstić information content (AvgIpc) is 2.28. The van der Waals surface area contributed by atoms with Crippen LogP contribution in [0.5, 0.6) is 5.75 Å². The number of nitrogens with one attached hydrogen (secondary N) is 1. The summed E-state index contributed by atoms with van der Waals surface area (Å²) in [5.41, 5.74) is -0.556. The lowest BCUT2D eigenvalue weighted by molar-refractivity contribution is -0.144. The van der Waals surface area contributed by atoms with Gasteiger partial charge in [-0.15, -0.1) is 0 Å². The van der Waals surface area contributed by atoms with Gasteiger partial charge in [-0.1, -0.05) is 11.6 Å². The number of carbonyl (C=O) groups is 1. The molecule has 2 rings (SSSR count). The molecule has 0 bridgehead atoms. The van der Waals surface area contributed by atoms with Crippen LogP contribution in [-0.2, 0) is 9.53 Å². The molecule has 94 valence electrons. The highest BCUT2D eigenvalue weighted by Crippen LogP contribution is 2.31. The fraction of sp³-hybridized carbons (Fsp3) is 0.333. The number of halogens is 1. The molecular formula is C12H11ClN2O3. The fourth-order valence-electron chi connectivity index (χ4n) is 1.55. The number of methoxy groups -OCH3 is 1. The van der Waals surface area contributed by atoms with Crippen LogP contribution in [0.2, 0.25) is 5.02 Å². The predicted octanol–water partition coefficient (Wildman–Crippen LogP) is 1.83. The zero-order chi connectivity index (χ0) is 13.2. The van der Waals surface area contributed by atoms with E-state index in [1.54, 1.807) is 18.2 Å². The third kappa shape index (κ3) is 2.13.